The molecule has 0 radical (unpaired) electrons. The number of aromatic hydroxyl groups is 1. The highest BCUT2D eigenvalue weighted by Crippen LogP contribution is 2.29. The molecule has 0 aliphatic heterocycles. The molecule has 5 heteroatoms. The number of hydrogen-bond acceptors (Lipinski definition) is 4. The van der Waals surface area contributed by atoms with E-state index >= 15 is 0 Å². The van der Waals surface area contributed by atoms with Crippen LogP contribution in [-0.2, 0) is 9.53 Å². The van der Waals surface area contributed by atoms with Crippen LogP contribution in [0.3, 0.4) is 0 Å². The van der Waals surface area contributed by atoms with Gasteiger partial charge in [0, 0.05) is 5.39 Å². The average molecular weight is 363 g/mol. The van der Waals surface area contributed by atoms with E-state index < -0.39 is 18.0 Å². The molecule has 2 atom stereocenters. The third-order valence-electron chi connectivity index (χ3n) is 4.43. The van der Waals surface area contributed by atoms with Crippen molar-refractivity contribution in [1.29, 1.82) is 0 Å². The van der Waals surface area contributed by atoms with Crippen molar-refractivity contribution in [3.8, 4) is 5.75 Å². The van der Waals surface area contributed by atoms with E-state index in [0.29, 0.717) is 5.39 Å². The summed E-state index contributed by atoms with van der Waals surface area (Å²) in [7, 11) is 0. The SMILES string of the molecule is CC(OC(=O)c1ccc2ccccc2c1O)C(=O)NC(C)c1ccccc1. The van der Waals surface area contributed by atoms with Crippen LogP contribution in [0, 0.1) is 0 Å². The highest BCUT2D eigenvalue weighted by Gasteiger charge is 2.23. The van der Waals surface area contributed by atoms with Gasteiger partial charge in [0.15, 0.2) is 6.10 Å². The molecule has 0 bridgehead atoms. The lowest BCUT2D eigenvalue weighted by Crippen LogP contribution is -2.37. The number of phenols is 1. The van der Waals surface area contributed by atoms with Gasteiger partial charge >= 0.3 is 5.97 Å². The number of esters is 1. The van der Waals surface area contributed by atoms with E-state index in [2.05, 4.69) is 5.32 Å². The molecule has 3 rings (SSSR count). The number of nitrogens with one attached hydrogen (secondary N) is 1. The van der Waals surface area contributed by atoms with E-state index in [0.717, 1.165) is 10.9 Å². The van der Waals surface area contributed by atoms with E-state index in [1.165, 1.54) is 13.0 Å². The molecule has 1 amide bonds. The minimum absolute atomic E-state index is 0.0319. The molecule has 2 N–H and O–H groups in total. The van der Waals surface area contributed by atoms with Crippen LogP contribution < -0.4 is 5.32 Å². The average Bonchev–Trinajstić information content (AvgIpc) is 2.68. The van der Waals surface area contributed by atoms with Crippen molar-refractivity contribution in [3.05, 3.63) is 77.9 Å². The molecular formula is C22H21NO4. The first-order valence-electron chi connectivity index (χ1n) is 8.74. The Morgan fingerprint density at radius 2 is 1.59 bits per heavy atom. The van der Waals surface area contributed by atoms with Crippen molar-refractivity contribution < 1.29 is 19.4 Å². The third-order valence-corrected chi connectivity index (χ3v) is 4.43. The molecule has 138 valence electrons. The van der Waals surface area contributed by atoms with E-state index in [1.807, 2.05) is 49.4 Å². The Bertz CT molecular complexity index is 968. The van der Waals surface area contributed by atoms with Crippen molar-refractivity contribution in [2.24, 2.45) is 0 Å². The van der Waals surface area contributed by atoms with Crippen molar-refractivity contribution in [2.75, 3.05) is 0 Å². The summed E-state index contributed by atoms with van der Waals surface area (Å²) in [6.45, 7) is 3.36. The maximum Gasteiger partial charge on any atom is 0.342 e. The van der Waals surface area contributed by atoms with Crippen LogP contribution in [-0.4, -0.2) is 23.1 Å². The maximum atomic E-state index is 12.4. The van der Waals surface area contributed by atoms with Gasteiger partial charge < -0.3 is 15.2 Å². The number of benzene rings is 3. The highest BCUT2D eigenvalue weighted by atomic mass is 16.5. The predicted octanol–water partition coefficient (Wildman–Crippen LogP) is 3.97. The number of rotatable bonds is 5. The number of fused-ring (bicyclic) bond motifs is 1. The fourth-order valence-electron chi connectivity index (χ4n) is 2.85. The number of amides is 1. The summed E-state index contributed by atoms with van der Waals surface area (Å²) in [4.78, 5) is 24.8. The third kappa shape index (κ3) is 4.08. The molecule has 0 aromatic heterocycles. The molecule has 3 aromatic carbocycles. The minimum Gasteiger partial charge on any atom is -0.506 e. The monoisotopic (exact) mass is 363 g/mol. The Balaban J connectivity index is 1.68. The summed E-state index contributed by atoms with van der Waals surface area (Å²) in [5.41, 5.74) is 0.987. The van der Waals surface area contributed by atoms with Crippen molar-refractivity contribution in [1.82, 2.24) is 5.32 Å². The molecule has 2 unspecified atom stereocenters. The van der Waals surface area contributed by atoms with Gasteiger partial charge in [-0.05, 0) is 30.9 Å². The van der Waals surface area contributed by atoms with E-state index in [9.17, 15) is 14.7 Å². The topological polar surface area (TPSA) is 75.6 Å². The van der Waals surface area contributed by atoms with Gasteiger partial charge in [0.05, 0.1) is 6.04 Å². The van der Waals surface area contributed by atoms with E-state index in [1.54, 1.807) is 18.2 Å². The summed E-state index contributed by atoms with van der Waals surface area (Å²) >= 11 is 0. The van der Waals surface area contributed by atoms with Crippen LogP contribution in [0.5, 0.6) is 5.75 Å². The highest BCUT2D eigenvalue weighted by molar-refractivity contribution is 6.01. The zero-order chi connectivity index (χ0) is 19.4. The Hall–Kier alpha value is -3.34. The first-order valence-corrected chi connectivity index (χ1v) is 8.74. The Labute approximate surface area is 157 Å². The summed E-state index contributed by atoms with van der Waals surface area (Å²) in [6, 6.07) is 19.7. The van der Waals surface area contributed by atoms with Crippen LogP contribution in [0.4, 0.5) is 0 Å². The van der Waals surface area contributed by atoms with Crippen LogP contribution in [0.25, 0.3) is 10.8 Å². The van der Waals surface area contributed by atoms with Gasteiger partial charge in [0.2, 0.25) is 0 Å². The number of phenolic OH excluding ortho intramolecular Hbond substituents is 1. The lowest BCUT2D eigenvalue weighted by molar-refractivity contribution is -0.129. The van der Waals surface area contributed by atoms with Crippen molar-refractivity contribution >= 4 is 22.6 Å². The molecule has 0 aliphatic carbocycles. The van der Waals surface area contributed by atoms with Gasteiger partial charge in [-0.3, -0.25) is 4.79 Å². The zero-order valence-electron chi connectivity index (χ0n) is 15.2. The van der Waals surface area contributed by atoms with Gasteiger partial charge in [0.1, 0.15) is 11.3 Å². The summed E-state index contributed by atoms with van der Waals surface area (Å²) in [5, 5.41) is 14.6. The molecule has 5 nitrogen and oxygen atoms in total. The first-order chi connectivity index (χ1) is 13.0. The summed E-state index contributed by atoms with van der Waals surface area (Å²) in [5.74, 6) is -1.29. The molecule has 0 heterocycles. The Kier molecular flexibility index (Phi) is 5.41. The molecule has 0 aliphatic rings. The summed E-state index contributed by atoms with van der Waals surface area (Å²) in [6.07, 6.45) is -0.991. The standard InChI is InChI=1S/C22H21NO4/c1-14(16-8-4-3-5-9-16)23-21(25)15(2)27-22(26)19-13-12-17-10-6-7-11-18(17)20(19)24/h3-15,24H,1-2H3,(H,23,25). The zero-order valence-corrected chi connectivity index (χ0v) is 15.2. The fourth-order valence-corrected chi connectivity index (χ4v) is 2.85. The number of carbonyl (C=O) groups is 2. The van der Waals surface area contributed by atoms with Crippen LogP contribution in [0.15, 0.2) is 66.7 Å². The molecule has 0 fully saturated rings. The molecule has 0 saturated carbocycles. The molecule has 0 saturated heterocycles. The molecule has 27 heavy (non-hydrogen) atoms. The number of carbonyl (C=O) groups excluding carboxylic acids is 2. The van der Waals surface area contributed by atoms with Crippen LogP contribution in [0.1, 0.15) is 35.8 Å². The minimum atomic E-state index is -0.991. The van der Waals surface area contributed by atoms with Gasteiger partial charge in [-0.2, -0.15) is 0 Å². The summed E-state index contributed by atoms with van der Waals surface area (Å²) < 4.78 is 5.25. The smallest absolute Gasteiger partial charge is 0.342 e. The quantitative estimate of drug-likeness (QED) is 0.673. The second-order valence-corrected chi connectivity index (χ2v) is 6.37. The second-order valence-electron chi connectivity index (χ2n) is 6.37. The number of hydrogen-bond donors (Lipinski definition) is 2. The predicted molar refractivity (Wildman–Crippen MR) is 103 cm³/mol. The fraction of sp³-hybridized carbons (Fsp3) is 0.182. The van der Waals surface area contributed by atoms with E-state index in [-0.39, 0.29) is 17.4 Å². The maximum absolute atomic E-state index is 12.4. The van der Waals surface area contributed by atoms with Crippen molar-refractivity contribution in [3.63, 3.8) is 0 Å². The lowest BCUT2D eigenvalue weighted by Gasteiger charge is -2.18. The van der Waals surface area contributed by atoms with Crippen LogP contribution in [0.2, 0.25) is 0 Å². The normalized spacial score (nSPS) is 13.0. The van der Waals surface area contributed by atoms with Crippen molar-refractivity contribution in [2.45, 2.75) is 26.0 Å². The lowest BCUT2D eigenvalue weighted by atomic mass is 10.1. The second kappa shape index (κ2) is 7.91. The van der Waals surface area contributed by atoms with E-state index in [4.69, 9.17) is 4.74 Å². The Morgan fingerprint density at radius 3 is 2.33 bits per heavy atom. The molecule has 3 aromatic rings. The van der Waals surface area contributed by atoms with Gasteiger partial charge in [-0.25, -0.2) is 4.79 Å². The largest absolute Gasteiger partial charge is 0.506 e. The molecular weight excluding hydrogens is 342 g/mol. The first kappa shape index (κ1) is 18.5. The van der Waals surface area contributed by atoms with Gasteiger partial charge in [-0.15, -0.1) is 0 Å². The van der Waals surface area contributed by atoms with Gasteiger partial charge in [-0.1, -0.05) is 60.7 Å². The Morgan fingerprint density at radius 1 is 0.926 bits per heavy atom. The van der Waals surface area contributed by atoms with Crippen LogP contribution >= 0.6 is 0 Å². The van der Waals surface area contributed by atoms with Gasteiger partial charge in [0.25, 0.3) is 5.91 Å². The molecule has 0 spiro atoms. The number of ether oxygens (including phenoxy) is 1.